The van der Waals surface area contributed by atoms with Gasteiger partial charge in [0.2, 0.25) is 5.75 Å². The number of methoxy groups -OCH3 is 3. The predicted octanol–water partition coefficient (Wildman–Crippen LogP) is 2.41. The van der Waals surface area contributed by atoms with E-state index in [9.17, 15) is 17.3 Å². The Kier molecular flexibility index (Phi) is 6.15. The highest BCUT2D eigenvalue weighted by Crippen LogP contribution is 2.33. The third kappa shape index (κ3) is 6.49. The fourth-order valence-electron chi connectivity index (χ4n) is 0.906. The van der Waals surface area contributed by atoms with Crippen LogP contribution in [0.4, 0.5) is 17.3 Å². The normalized spacial score (nSPS) is 10.1. The first-order valence-corrected chi connectivity index (χ1v) is 4.31. The largest absolute Gasteiger partial charge is 0.673 e. The van der Waals surface area contributed by atoms with Gasteiger partial charge in [-0.15, -0.1) is 0 Å². The molecule has 0 aromatic carbocycles. The molecule has 9 heteroatoms. The van der Waals surface area contributed by atoms with Gasteiger partial charge < -0.3 is 31.5 Å². The van der Waals surface area contributed by atoms with E-state index < -0.39 is 7.25 Å². The number of halogens is 4. The molecule has 17 heavy (non-hydrogen) atoms. The molecule has 1 aromatic rings. The lowest BCUT2D eigenvalue weighted by molar-refractivity contribution is 0.316. The fraction of sp³-hybridized carbons (Fsp3) is 0.375. The minimum Gasteiger partial charge on any atom is -0.493 e. The first kappa shape index (κ1) is 15.3. The number of nitrogens with zero attached hydrogens (tertiary/aromatic N) is 1. The third-order valence-electron chi connectivity index (χ3n) is 1.45. The molecule has 0 radical (unpaired) electrons. The Labute approximate surface area is 95.6 Å². The Morgan fingerprint density at radius 1 is 1.00 bits per heavy atom. The molecule has 0 atom stereocenters. The quantitative estimate of drug-likeness (QED) is 0.615. The van der Waals surface area contributed by atoms with Crippen LogP contribution in [-0.4, -0.2) is 33.6 Å². The molecule has 0 amide bonds. The molecule has 0 saturated heterocycles. The SMILES string of the molecule is COc1ccnc(OC)c1OC.F[B-](F)(F)F. The van der Waals surface area contributed by atoms with Gasteiger partial charge in [0.1, 0.15) is 0 Å². The summed E-state index contributed by atoms with van der Waals surface area (Å²) in [5.74, 6) is 1.56. The van der Waals surface area contributed by atoms with Crippen LogP contribution < -0.4 is 14.2 Å². The van der Waals surface area contributed by atoms with Crippen LogP contribution in [0, 0.1) is 0 Å². The zero-order valence-corrected chi connectivity index (χ0v) is 9.42. The van der Waals surface area contributed by atoms with Crippen LogP contribution in [-0.2, 0) is 0 Å². The van der Waals surface area contributed by atoms with Crippen LogP contribution in [0.15, 0.2) is 12.3 Å². The second kappa shape index (κ2) is 6.82. The zero-order chi connectivity index (χ0) is 13.5. The minimum absolute atomic E-state index is 0.428. The van der Waals surface area contributed by atoms with Gasteiger partial charge in [-0.3, -0.25) is 0 Å². The Morgan fingerprint density at radius 3 is 1.88 bits per heavy atom. The maximum atomic E-state index is 9.75. The smallest absolute Gasteiger partial charge is 0.493 e. The summed E-state index contributed by atoms with van der Waals surface area (Å²) in [6, 6.07) is 1.71. The molecule has 0 aliphatic heterocycles. The van der Waals surface area contributed by atoms with Crippen molar-refractivity contribution in [2.75, 3.05) is 21.3 Å². The molecular formula is C8H11BF4NO3-. The first-order chi connectivity index (χ1) is 7.83. The van der Waals surface area contributed by atoms with E-state index in [1.807, 2.05) is 0 Å². The average Bonchev–Trinajstić information content (AvgIpc) is 2.25. The van der Waals surface area contributed by atoms with Gasteiger partial charge in [0.05, 0.1) is 21.3 Å². The number of aromatic nitrogens is 1. The van der Waals surface area contributed by atoms with Crippen molar-refractivity contribution in [3.63, 3.8) is 0 Å². The number of ether oxygens (including phenoxy) is 3. The van der Waals surface area contributed by atoms with Crippen LogP contribution in [0.2, 0.25) is 0 Å². The van der Waals surface area contributed by atoms with Gasteiger partial charge in [-0.2, -0.15) is 0 Å². The van der Waals surface area contributed by atoms with Crippen molar-refractivity contribution in [2.45, 2.75) is 0 Å². The summed E-state index contributed by atoms with van der Waals surface area (Å²) < 4.78 is 54.0. The van der Waals surface area contributed by atoms with Gasteiger partial charge in [0.25, 0.3) is 5.88 Å². The van der Waals surface area contributed by atoms with Crippen LogP contribution >= 0.6 is 0 Å². The number of pyridine rings is 1. The topological polar surface area (TPSA) is 40.6 Å². The van der Waals surface area contributed by atoms with Gasteiger partial charge in [-0.05, 0) is 0 Å². The Morgan fingerprint density at radius 2 is 1.53 bits per heavy atom. The maximum absolute atomic E-state index is 9.75. The number of rotatable bonds is 3. The Balaban J connectivity index is 0.000000437. The second-order valence-electron chi connectivity index (χ2n) is 2.55. The predicted molar refractivity (Wildman–Crippen MR) is 54.1 cm³/mol. The summed E-state index contributed by atoms with van der Waals surface area (Å²) in [7, 11) is -1.36. The molecule has 1 rings (SSSR count). The van der Waals surface area contributed by atoms with E-state index in [0.717, 1.165) is 0 Å². The third-order valence-corrected chi connectivity index (χ3v) is 1.45. The first-order valence-electron chi connectivity index (χ1n) is 4.31. The van der Waals surface area contributed by atoms with E-state index in [-0.39, 0.29) is 0 Å². The van der Waals surface area contributed by atoms with Gasteiger partial charge in [0, 0.05) is 12.3 Å². The molecular weight excluding hydrogens is 245 g/mol. The molecule has 0 bridgehead atoms. The molecule has 1 aromatic heterocycles. The van der Waals surface area contributed by atoms with Crippen LogP contribution in [0.1, 0.15) is 0 Å². The number of hydrogen-bond donors (Lipinski definition) is 0. The van der Waals surface area contributed by atoms with E-state index >= 15 is 0 Å². The molecule has 0 fully saturated rings. The Hall–Kier alpha value is -1.67. The summed E-state index contributed by atoms with van der Waals surface area (Å²) in [4.78, 5) is 3.95. The van der Waals surface area contributed by atoms with Crippen molar-refractivity contribution >= 4 is 7.25 Å². The highest BCUT2D eigenvalue weighted by Gasteiger charge is 2.20. The average molecular weight is 256 g/mol. The van der Waals surface area contributed by atoms with E-state index in [4.69, 9.17) is 14.2 Å². The van der Waals surface area contributed by atoms with Crippen LogP contribution in [0.5, 0.6) is 17.4 Å². The van der Waals surface area contributed by atoms with Crippen molar-refractivity contribution in [3.05, 3.63) is 12.3 Å². The molecule has 98 valence electrons. The van der Waals surface area contributed by atoms with E-state index in [0.29, 0.717) is 17.4 Å². The fourth-order valence-corrected chi connectivity index (χ4v) is 0.906. The summed E-state index contributed by atoms with van der Waals surface area (Å²) in [5, 5.41) is 0. The lowest BCUT2D eigenvalue weighted by Crippen LogP contribution is -2.02. The summed E-state index contributed by atoms with van der Waals surface area (Å²) in [6.45, 7) is 0. The Bertz CT molecular complexity index is 320. The molecule has 0 spiro atoms. The standard InChI is InChI=1S/C8H11NO3.BF4/c1-10-6-4-5-9-8(12-3)7(6)11-2;2-1(3,4)5/h4-5H,1-3H3;/q;-1. The molecule has 1 heterocycles. The molecule has 0 N–H and O–H groups in total. The molecule has 0 saturated carbocycles. The van der Waals surface area contributed by atoms with Gasteiger partial charge in [-0.25, -0.2) is 4.98 Å². The molecule has 0 unspecified atom stereocenters. The molecule has 0 aliphatic rings. The lowest BCUT2D eigenvalue weighted by Gasteiger charge is -2.09. The number of hydrogen-bond acceptors (Lipinski definition) is 4. The van der Waals surface area contributed by atoms with Crippen LogP contribution in [0.3, 0.4) is 0 Å². The highest BCUT2D eigenvalue weighted by atomic mass is 19.5. The van der Waals surface area contributed by atoms with Crippen molar-refractivity contribution < 1.29 is 31.5 Å². The lowest BCUT2D eigenvalue weighted by atomic mass is 10.3. The van der Waals surface area contributed by atoms with Gasteiger partial charge in [-0.1, -0.05) is 0 Å². The van der Waals surface area contributed by atoms with Gasteiger partial charge in [0.15, 0.2) is 5.75 Å². The van der Waals surface area contributed by atoms with Crippen molar-refractivity contribution in [3.8, 4) is 17.4 Å². The summed E-state index contributed by atoms with van der Waals surface area (Å²) >= 11 is 0. The van der Waals surface area contributed by atoms with E-state index in [1.165, 1.54) is 7.11 Å². The summed E-state index contributed by atoms with van der Waals surface area (Å²) in [5.41, 5.74) is 0. The van der Waals surface area contributed by atoms with Crippen LogP contribution in [0.25, 0.3) is 0 Å². The maximum Gasteiger partial charge on any atom is 0.673 e. The summed E-state index contributed by atoms with van der Waals surface area (Å²) in [6.07, 6.45) is 1.60. The van der Waals surface area contributed by atoms with Gasteiger partial charge >= 0.3 is 7.25 Å². The van der Waals surface area contributed by atoms with E-state index in [2.05, 4.69) is 4.98 Å². The van der Waals surface area contributed by atoms with Crippen molar-refractivity contribution in [2.24, 2.45) is 0 Å². The molecule has 0 aliphatic carbocycles. The highest BCUT2D eigenvalue weighted by molar-refractivity contribution is 6.50. The van der Waals surface area contributed by atoms with Crippen molar-refractivity contribution in [1.82, 2.24) is 4.98 Å². The zero-order valence-electron chi connectivity index (χ0n) is 9.42. The van der Waals surface area contributed by atoms with E-state index in [1.54, 1.807) is 26.5 Å². The second-order valence-corrected chi connectivity index (χ2v) is 2.55. The monoisotopic (exact) mass is 256 g/mol. The molecule has 4 nitrogen and oxygen atoms in total. The van der Waals surface area contributed by atoms with Crippen molar-refractivity contribution in [1.29, 1.82) is 0 Å². The minimum atomic E-state index is -6.00.